The highest BCUT2D eigenvalue weighted by molar-refractivity contribution is 5.46. The van der Waals surface area contributed by atoms with Crippen molar-refractivity contribution < 1.29 is 4.74 Å². The topological polar surface area (TPSA) is 88.3 Å². The third kappa shape index (κ3) is 5.45. The molecule has 2 heterocycles. The Labute approximate surface area is 126 Å². The lowest BCUT2D eigenvalue weighted by molar-refractivity contribution is 0.128. The number of hydrazine groups is 1. The average molecular weight is 294 g/mol. The second-order valence-corrected chi connectivity index (χ2v) is 5.17. The van der Waals surface area contributed by atoms with Crippen LogP contribution in [0.3, 0.4) is 0 Å². The van der Waals surface area contributed by atoms with Crippen LogP contribution in [-0.4, -0.2) is 47.7 Å². The number of hydrogen-bond acceptors (Lipinski definition) is 7. The van der Waals surface area contributed by atoms with Gasteiger partial charge >= 0.3 is 0 Å². The van der Waals surface area contributed by atoms with Crippen LogP contribution in [0.1, 0.15) is 32.0 Å². The number of nitrogen functional groups attached to an aromatic ring is 1. The van der Waals surface area contributed by atoms with Crippen molar-refractivity contribution in [2.75, 3.05) is 43.5 Å². The summed E-state index contributed by atoms with van der Waals surface area (Å²) in [5.74, 6) is 7.46. The molecule has 0 atom stereocenters. The van der Waals surface area contributed by atoms with Gasteiger partial charge in [0.15, 0.2) is 5.82 Å². The van der Waals surface area contributed by atoms with Crippen LogP contribution in [0.25, 0.3) is 0 Å². The first-order chi connectivity index (χ1) is 10.3. The van der Waals surface area contributed by atoms with Gasteiger partial charge in [0.2, 0.25) is 0 Å². The van der Waals surface area contributed by atoms with Gasteiger partial charge in [0, 0.05) is 25.8 Å². The van der Waals surface area contributed by atoms with Gasteiger partial charge in [0.05, 0.1) is 0 Å². The zero-order valence-corrected chi connectivity index (χ0v) is 12.8. The summed E-state index contributed by atoms with van der Waals surface area (Å²) in [5, 5.41) is 3.34. The Hall–Kier alpha value is -1.44. The minimum Gasteiger partial charge on any atom is -0.374 e. The molecule has 1 fully saturated rings. The van der Waals surface area contributed by atoms with Gasteiger partial charge in [-0.15, -0.1) is 0 Å². The van der Waals surface area contributed by atoms with E-state index in [1.807, 2.05) is 13.0 Å². The van der Waals surface area contributed by atoms with Crippen LogP contribution < -0.4 is 16.6 Å². The number of rotatable bonds is 8. The van der Waals surface area contributed by atoms with E-state index < -0.39 is 0 Å². The molecule has 0 saturated carbocycles. The van der Waals surface area contributed by atoms with Gasteiger partial charge in [0.25, 0.3) is 0 Å². The number of anilines is 2. The molecule has 7 heteroatoms. The summed E-state index contributed by atoms with van der Waals surface area (Å²) in [6.45, 7) is 7.30. The largest absolute Gasteiger partial charge is 0.374 e. The molecule has 4 N–H and O–H groups in total. The summed E-state index contributed by atoms with van der Waals surface area (Å²) in [7, 11) is 0. The van der Waals surface area contributed by atoms with Gasteiger partial charge in [-0.3, -0.25) is 0 Å². The third-order valence-corrected chi connectivity index (χ3v) is 3.54. The molecule has 1 saturated heterocycles. The number of hydrogen-bond donors (Lipinski definition) is 3. The number of piperidine rings is 1. The molecule has 1 aromatic heterocycles. The SMILES string of the molecule is CCOCc1nc(NN)cc(NCCN2CCCCC2)n1. The smallest absolute Gasteiger partial charge is 0.158 e. The molecule has 0 unspecified atom stereocenters. The van der Waals surface area contributed by atoms with Crippen LogP contribution in [0.5, 0.6) is 0 Å². The van der Waals surface area contributed by atoms with E-state index in [9.17, 15) is 0 Å². The van der Waals surface area contributed by atoms with E-state index in [0.717, 1.165) is 18.9 Å². The maximum atomic E-state index is 5.44. The second-order valence-electron chi connectivity index (χ2n) is 5.17. The van der Waals surface area contributed by atoms with Crippen molar-refractivity contribution in [1.29, 1.82) is 0 Å². The molecule has 0 aliphatic carbocycles. The Morgan fingerprint density at radius 2 is 2.00 bits per heavy atom. The highest BCUT2D eigenvalue weighted by Crippen LogP contribution is 2.12. The minimum atomic E-state index is 0.396. The van der Waals surface area contributed by atoms with E-state index in [4.69, 9.17) is 10.6 Å². The molecule has 1 aliphatic rings. The van der Waals surface area contributed by atoms with E-state index in [0.29, 0.717) is 24.9 Å². The lowest BCUT2D eigenvalue weighted by Gasteiger charge is -2.26. The fourth-order valence-corrected chi connectivity index (χ4v) is 2.44. The molecule has 0 amide bonds. The monoisotopic (exact) mass is 294 g/mol. The maximum Gasteiger partial charge on any atom is 0.158 e. The molecular formula is C14H26N6O. The van der Waals surface area contributed by atoms with Gasteiger partial charge in [0.1, 0.15) is 18.2 Å². The van der Waals surface area contributed by atoms with Crippen molar-refractivity contribution in [3.63, 3.8) is 0 Å². The Balaban J connectivity index is 1.85. The minimum absolute atomic E-state index is 0.396. The molecule has 118 valence electrons. The second kappa shape index (κ2) is 8.76. The molecule has 0 aromatic carbocycles. The lowest BCUT2D eigenvalue weighted by Crippen LogP contribution is -2.33. The van der Waals surface area contributed by atoms with Crippen LogP contribution in [0.15, 0.2) is 6.07 Å². The standard InChI is InChI=1S/C14H26N6O/c1-2-21-11-14-17-12(10-13(18-14)19-15)16-6-9-20-7-4-3-5-8-20/h10H,2-9,11,15H2,1H3,(H2,16,17,18,19). The van der Waals surface area contributed by atoms with E-state index in [-0.39, 0.29) is 0 Å². The highest BCUT2D eigenvalue weighted by Gasteiger charge is 2.09. The van der Waals surface area contributed by atoms with Gasteiger partial charge in [-0.25, -0.2) is 15.8 Å². The van der Waals surface area contributed by atoms with Crippen LogP contribution in [-0.2, 0) is 11.3 Å². The van der Waals surface area contributed by atoms with E-state index in [2.05, 4.69) is 25.6 Å². The van der Waals surface area contributed by atoms with Crippen LogP contribution in [0.4, 0.5) is 11.6 Å². The van der Waals surface area contributed by atoms with Gasteiger partial charge in [-0.1, -0.05) is 6.42 Å². The quantitative estimate of drug-likeness (QED) is 0.490. The molecule has 1 aromatic rings. The van der Waals surface area contributed by atoms with Crippen LogP contribution in [0.2, 0.25) is 0 Å². The normalized spacial score (nSPS) is 15.9. The number of nitrogens with one attached hydrogen (secondary N) is 2. The van der Waals surface area contributed by atoms with Crippen molar-refractivity contribution in [1.82, 2.24) is 14.9 Å². The fourth-order valence-electron chi connectivity index (χ4n) is 2.44. The van der Waals surface area contributed by atoms with Gasteiger partial charge < -0.3 is 20.4 Å². The third-order valence-electron chi connectivity index (χ3n) is 3.54. The van der Waals surface area contributed by atoms with Gasteiger partial charge in [-0.05, 0) is 32.9 Å². The molecule has 21 heavy (non-hydrogen) atoms. The van der Waals surface area contributed by atoms with Crippen molar-refractivity contribution >= 4 is 11.6 Å². The number of likely N-dealkylation sites (tertiary alicyclic amines) is 1. The van der Waals surface area contributed by atoms with E-state index in [1.165, 1.54) is 32.4 Å². The van der Waals surface area contributed by atoms with Crippen molar-refractivity contribution in [2.45, 2.75) is 32.8 Å². The van der Waals surface area contributed by atoms with Crippen LogP contribution >= 0.6 is 0 Å². The molecular weight excluding hydrogens is 268 g/mol. The highest BCUT2D eigenvalue weighted by atomic mass is 16.5. The first-order valence-corrected chi connectivity index (χ1v) is 7.70. The van der Waals surface area contributed by atoms with Crippen LogP contribution in [0, 0.1) is 0 Å². The summed E-state index contributed by atoms with van der Waals surface area (Å²) >= 11 is 0. The molecule has 2 rings (SSSR count). The Bertz CT molecular complexity index is 422. The Morgan fingerprint density at radius 3 is 2.71 bits per heavy atom. The number of ether oxygens (including phenoxy) is 1. The predicted octanol–water partition coefficient (Wildman–Crippen LogP) is 1.20. The summed E-state index contributed by atoms with van der Waals surface area (Å²) in [6.07, 6.45) is 3.99. The maximum absolute atomic E-state index is 5.44. The van der Waals surface area contributed by atoms with E-state index in [1.54, 1.807) is 0 Å². The number of nitrogens with two attached hydrogens (primary N) is 1. The van der Waals surface area contributed by atoms with Crippen molar-refractivity contribution in [2.24, 2.45) is 5.84 Å². The number of aromatic nitrogens is 2. The summed E-state index contributed by atoms with van der Waals surface area (Å²) in [6, 6.07) is 1.81. The van der Waals surface area contributed by atoms with Crippen molar-refractivity contribution in [3.05, 3.63) is 11.9 Å². The predicted molar refractivity (Wildman–Crippen MR) is 84.0 cm³/mol. The molecule has 1 aliphatic heterocycles. The summed E-state index contributed by atoms with van der Waals surface area (Å²) < 4.78 is 5.34. The molecule has 0 radical (unpaired) electrons. The molecule has 0 spiro atoms. The first kappa shape index (κ1) is 15.9. The summed E-state index contributed by atoms with van der Waals surface area (Å²) in [4.78, 5) is 11.2. The Morgan fingerprint density at radius 1 is 1.24 bits per heavy atom. The zero-order chi connectivity index (χ0) is 14.9. The zero-order valence-electron chi connectivity index (χ0n) is 12.8. The lowest BCUT2D eigenvalue weighted by atomic mass is 10.1. The van der Waals surface area contributed by atoms with E-state index >= 15 is 0 Å². The first-order valence-electron chi connectivity index (χ1n) is 7.70. The molecule has 0 bridgehead atoms. The number of nitrogens with zero attached hydrogens (tertiary/aromatic N) is 3. The van der Waals surface area contributed by atoms with Crippen molar-refractivity contribution in [3.8, 4) is 0 Å². The molecule has 7 nitrogen and oxygen atoms in total. The fraction of sp³-hybridized carbons (Fsp3) is 0.714. The average Bonchev–Trinajstić information content (AvgIpc) is 2.53. The van der Waals surface area contributed by atoms with Gasteiger partial charge in [-0.2, -0.15) is 0 Å². The Kier molecular flexibility index (Phi) is 6.65. The summed E-state index contributed by atoms with van der Waals surface area (Å²) in [5.41, 5.74) is 2.57.